The summed E-state index contributed by atoms with van der Waals surface area (Å²) in [5, 5.41) is 2.76. The van der Waals surface area contributed by atoms with Crippen molar-refractivity contribution in [3.63, 3.8) is 0 Å². The maximum atomic E-state index is 13.9. The molecule has 0 aromatic heterocycles. The van der Waals surface area contributed by atoms with E-state index in [-0.39, 0.29) is 24.2 Å². The van der Waals surface area contributed by atoms with E-state index < -0.39 is 11.7 Å². The van der Waals surface area contributed by atoms with Gasteiger partial charge >= 0.3 is 5.97 Å². The van der Waals surface area contributed by atoms with Gasteiger partial charge in [-0.1, -0.05) is 30.3 Å². The van der Waals surface area contributed by atoms with Crippen molar-refractivity contribution in [2.75, 3.05) is 45.0 Å². The van der Waals surface area contributed by atoms with E-state index in [0.29, 0.717) is 41.2 Å². The van der Waals surface area contributed by atoms with Gasteiger partial charge in [0.2, 0.25) is 11.8 Å². The minimum Gasteiger partial charge on any atom is -0.469 e. The highest BCUT2D eigenvalue weighted by Gasteiger charge is 2.35. The molecular formula is C30H31FN4O4. The maximum Gasteiger partial charge on any atom is 0.309 e. The number of nitrogens with zero attached hydrogens (tertiary/aromatic N) is 3. The van der Waals surface area contributed by atoms with E-state index >= 15 is 0 Å². The van der Waals surface area contributed by atoms with E-state index in [1.54, 1.807) is 54.4 Å². The summed E-state index contributed by atoms with van der Waals surface area (Å²) in [4.78, 5) is 45.7. The van der Waals surface area contributed by atoms with Crippen molar-refractivity contribution < 1.29 is 23.5 Å². The SMILES string of the molecule is COC(=O)Cc1ccc(C(=Nc2ccc(N(C)C(=O)CCN(C)C)cc2)C2C(=O)Nc3cc(F)ccc32)cc1. The predicted octanol–water partition coefficient (Wildman–Crippen LogP) is 4.31. The molecule has 2 amide bonds. The first-order chi connectivity index (χ1) is 18.7. The molecule has 0 fully saturated rings. The first-order valence-electron chi connectivity index (χ1n) is 12.5. The average molecular weight is 531 g/mol. The van der Waals surface area contributed by atoms with Crippen molar-refractivity contribution in [1.82, 2.24) is 4.90 Å². The Morgan fingerprint density at radius 2 is 1.69 bits per heavy atom. The molecule has 1 atom stereocenters. The van der Waals surface area contributed by atoms with Gasteiger partial charge in [0.25, 0.3) is 0 Å². The highest BCUT2D eigenvalue weighted by molar-refractivity contribution is 6.24. The van der Waals surface area contributed by atoms with Crippen LogP contribution >= 0.6 is 0 Å². The molecule has 1 aliphatic heterocycles. The Hall–Kier alpha value is -4.37. The second kappa shape index (κ2) is 12.0. The molecule has 39 heavy (non-hydrogen) atoms. The average Bonchev–Trinajstić information content (AvgIpc) is 3.25. The van der Waals surface area contributed by atoms with Gasteiger partial charge in [-0.05, 0) is 67.2 Å². The first-order valence-corrected chi connectivity index (χ1v) is 12.5. The van der Waals surface area contributed by atoms with E-state index in [9.17, 15) is 18.8 Å². The molecule has 0 bridgehead atoms. The third kappa shape index (κ3) is 6.56. The Morgan fingerprint density at radius 1 is 1.00 bits per heavy atom. The van der Waals surface area contributed by atoms with Gasteiger partial charge in [0.15, 0.2) is 0 Å². The van der Waals surface area contributed by atoms with Gasteiger partial charge in [-0.15, -0.1) is 0 Å². The normalized spacial score (nSPS) is 14.7. The number of carbonyl (C=O) groups is 3. The number of anilines is 2. The smallest absolute Gasteiger partial charge is 0.309 e. The summed E-state index contributed by atoms with van der Waals surface area (Å²) in [5.74, 6) is -1.87. The van der Waals surface area contributed by atoms with Crippen LogP contribution in [-0.4, -0.2) is 63.2 Å². The van der Waals surface area contributed by atoms with Gasteiger partial charge in [0, 0.05) is 31.4 Å². The minimum absolute atomic E-state index is 0.000786. The van der Waals surface area contributed by atoms with Crippen LogP contribution in [0.3, 0.4) is 0 Å². The number of hydrogen-bond donors (Lipinski definition) is 1. The summed E-state index contributed by atoms with van der Waals surface area (Å²) < 4.78 is 18.6. The van der Waals surface area contributed by atoms with E-state index in [1.807, 2.05) is 31.1 Å². The molecule has 0 aliphatic carbocycles. The summed E-state index contributed by atoms with van der Waals surface area (Å²) in [6.45, 7) is 0.655. The number of ether oxygens (including phenoxy) is 1. The lowest BCUT2D eigenvalue weighted by Crippen LogP contribution is -2.29. The summed E-state index contributed by atoms with van der Waals surface area (Å²) in [7, 11) is 6.91. The van der Waals surface area contributed by atoms with Crippen molar-refractivity contribution in [2.24, 2.45) is 4.99 Å². The molecule has 3 aromatic carbocycles. The number of rotatable bonds is 9. The number of benzene rings is 3. The van der Waals surface area contributed by atoms with Crippen LogP contribution in [0.1, 0.15) is 29.0 Å². The number of hydrogen-bond acceptors (Lipinski definition) is 6. The van der Waals surface area contributed by atoms with Crippen LogP contribution in [0.4, 0.5) is 21.5 Å². The molecule has 9 heteroatoms. The molecule has 0 saturated carbocycles. The highest BCUT2D eigenvalue weighted by Crippen LogP contribution is 2.37. The zero-order chi connectivity index (χ0) is 28.1. The summed E-state index contributed by atoms with van der Waals surface area (Å²) in [6, 6.07) is 18.6. The third-order valence-corrected chi connectivity index (χ3v) is 6.58. The monoisotopic (exact) mass is 530 g/mol. The van der Waals surface area contributed by atoms with Crippen LogP contribution in [0, 0.1) is 5.82 Å². The topological polar surface area (TPSA) is 91.3 Å². The number of halogens is 1. The molecule has 1 aliphatic rings. The number of methoxy groups -OCH3 is 1. The second-order valence-electron chi connectivity index (χ2n) is 9.62. The van der Waals surface area contributed by atoms with E-state index in [0.717, 1.165) is 11.3 Å². The molecule has 1 heterocycles. The van der Waals surface area contributed by atoms with Gasteiger partial charge < -0.3 is 19.9 Å². The predicted molar refractivity (Wildman–Crippen MR) is 149 cm³/mol. The maximum absolute atomic E-state index is 13.9. The Bertz CT molecular complexity index is 1400. The zero-order valence-corrected chi connectivity index (χ0v) is 22.4. The number of esters is 1. The summed E-state index contributed by atoms with van der Waals surface area (Å²) in [5.41, 5.74) is 4.27. The van der Waals surface area contributed by atoms with Crippen LogP contribution in [0.5, 0.6) is 0 Å². The fourth-order valence-corrected chi connectivity index (χ4v) is 4.35. The van der Waals surface area contributed by atoms with Crippen LogP contribution in [0.2, 0.25) is 0 Å². The molecule has 0 saturated heterocycles. The molecule has 8 nitrogen and oxygen atoms in total. The Balaban J connectivity index is 1.69. The van der Waals surface area contributed by atoms with Crippen LogP contribution in [0.15, 0.2) is 71.7 Å². The zero-order valence-electron chi connectivity index (χ0n) is 22.4. The van der Waals surface area contributed by atoms with Crippen LogP contribution in [0.25, 0.3) is 0 Å². The van der Waals surface area contributed by atoms with Crippen molar-refractivity contribution in [1.29, 1.82) is 0 Å². The van der Waals surface area contributed by atoms with E-state index in [4.69, 9.17) is 9.73 Å². The number of aliphatic imine (C=N–C) groups is 1. The lowest BCUT2D eigenvalue weighted by Gasteiger charge is -2.19. The van der Waals surface area contributed by atoms with Gasteiger partial charge in [-0.25, -0.2) is 4.39 Å². The largest absolute Gasteiger partial charge is 0.469 e. The quantitative estimate of drug-likeness (QED) is 0.329. The Kier molecular flexibility index (Phi) is 8.51. The Labute approximate surface area is 227 Å². The van der Waals surface area contributed by atoms with Gasteiger partial charge in [-0.3, -0.25) is 19.4 Å². The molecule has 1 unspecified atom stereocenters. The van der Waals surface area contributed by atoms with Crippen molar-refractivity contribution in [3.8, 4) is 0 Å². The highest BCUT2D eigenvalue weighted by atomic mass is 19.1. The molecule has 1 N–H and O–H groups in total. The van der Waals surface area contributed by atoms with E-state index in [1.165, 1.54) is 19.2 Å². The van der Waals surface area contributed by atoms with Gasteiger partial charge in [0.1, 0.15) is 11.7 Å². The minimum atomic E-state index is -0.762. The number of nitrogens with one attached hydrogen (secondary N) is 1. The molecule has 3 aromatic rings. The Morgan fingerprint density at radius 3 is 2.33 bits per heavy atom. The number of carbonyl (C=O) groups excluding carboxylic acids is 3. The lowest BCUT2D eigenvalue weighted by molar-refractivity contribution is -0.139. The molecule has 202 valence electrons. The fourth-order valence-electron chi connectivity index (χ4n) is 4.35. The van der Waals surface area contributed by atoms with Crippen molar-refractivity contribution >= 4 is 40.6 Å². The number of fused-ring (bicyclic) bond motifs is 1. The summed E-state index contributed by atoms with van der Waals surface area (Å²) >= 11 is 0. The molecule has 4 rings (SSSR count). The standard InChI is InChI=1S/C30H31FN4O4/c1-34(2)16-15-26(36)35(3)23-12-10-22(11-13-23)32-29(20-7-5-19(6-8-20)17-27(37)39-4)28-24-14-9-21(31)18-25(24)33-30(28)38/h5-14,18,28H,15-17H2,1-4H3,(H,33,38). The molecule has 0 radical (unpaired) electrons. The molecular weight excluding hydrogens is 499 g/mol. The van der Waals surface area contributed by atoms with Gasteiger partial charge in [0.05, 0.1) is 24.9 Å². The van der Waals surface area contributed by atoms with Crippen molar-refractivity contribution in [3.05, 3.63) is 89.2 Å². The third-order valence-electron chi connectivity index (χ3n) is 6.58. The first kappa shape index (κ1) is 27.7. The van der Waals surface area contributed by atoms with Gasteiger partial charge in [-0.2, -0.15) is 0 Å². The van der Waals surface area contributed by atoms with Crippen molar-refractivity contribution in [2.45, 2.75) is 18.8 Å². The second-order valence-corrected chi connectivity index (χ2v) is 9.62. The summed E-state index contributed by atoms with van der Waals surface area (Å²) in [6.07, 6.45) is 0.522. The number of amides is 2. The fraction of sp³-hybridized carbons (Fsp3) is 0.267. The van der Waals surface area contributed by atoms with Crippen LogP contribution in [-0.2, 0) is 25.5 Å². The lowest BCUT2D eigenvalue weighted by atomic mass is 9.90. The van der Waals surface area contributed by atoms with Crippen LogP contribution < -0.4 is 10.2 Å². The molecule has 0 spiro atoms. The van der Waals surface area contributed by atoms with E-state index in [2.05, 4.69) is 5.32 Å².